The third-order valence-electron chi connectivity index (χ3n) is 14.6. The maximum absolute atomic E-state index is 12.8. The van der Waals surface area contributed by atoms with E-state index >= 15 is 0 Å². The van der Waals surface area contributed by atoms with E-state index in [0.29, 0.717) is 23.9 Å². The standard InChI is InChI=1S/C67H125NO8/c1-6-8-10-12-14-16-18-20-22-23-24-25-26-27-28-29-30-31-32-33-34-35-36-37-38-39-40-41-42-43-44-46-47-49-51-53-55-57-64(69)74-61-63(62-75-67(66(71)72)73-60-59-68(3,4)5)76-65(70)58-56-54-52-50-48-45-21-19-17-15-13-11-9-7-2/h13,15,19,21,23-24,63,67H,6-12,14,16-18,20,22,25-62H2,1-5H3/p+1/b15-13-,21-19-,24-23-. The number of carboxylic acid groups (broad SMARTS) is 1. The first kappa shape index (κ1) is 73.5. The predicted octanol–water partition coefficient (Wildman–Crippen LogP) is 19.6. The van der Waals surface area contributed by atoms with Crippen LogP contribution < -0.4 is 0 Å². The molecule has 0 spiro atoms. The van der Waals surface area contributed by atoms with E-state index in [9.17, 15) is 19.5 Å². The Hall–Kier alpha value is -2.49. The Labute approximate surface area is 470 Å². The van der Waals surface area contributed by atoms with Gasteiger partial charge < -0.3 is 28.5 Å². The van der Waals surface area contributed by atoms with Crippen molar-refractivity contribution in [3.8, 4) is 0 Å². The Morgan fingerprint density at radius 1 is 0.395 bits per heavy atom. The number of nitrogens with zero attached hydrogens (tertiary/aromatic N) is 1. The normalized spacial score (nSPS) is 12.9. The highest BCUT2D eigenvalue weighted by Gasteiger charge is 2.25. The number of quaternary nitrogens is 1. The van der Waals surface area contributed by atoms with Gasteiger partial charge in [0.25, 0.3) is 6.29 Å². The van der Waals surface area contributed by atoms with Gasteiger partial charge in [0.05, 0.1) is 34.4 Å². The minimum atomic E-state index is -1.51. The molecule has 9 nitrogen and oxygen atoms in total. The summed E-state index contributed by atoms with van der Waals surface area (Å²) in [4.78, 5) is 37.4. The smallest absolute Gasteiger partial charge is 0.361 e. The summed E-state index contributed by atoms with van der Waals surface area (Å²) in [7, 11) is 5.97. The van der Waals surface area contributed by atoms with Crippen molar-refractivity contribution in [3.63, 3.8) is 0 Å². The number of esters is 2. The Balaban J connectivity index is 3.93. The second kappa shape index (κ2) is 58.7. The first-order chi connectivity index (χ1) is 37.1. The molecule has 0 saturated heterocycles. The first-order valence-corrected chi connectivity index (χ1v) is 32.7. The van der Waals surface area contributed by atoms with Gasteiger partial charge in [0.2, 0.25) is 0 Å². The van der Waals surface area contributed by atoms with Crippen molar-refractivity contribution in [1.82, 2.24) is 0 Å². The number of rotatable bonds is 61. The number of carboxylic acids is 1. The van der Waals surface area contributed by atoms with Crippen molar-refractivity contribution >= 4 is 17.9 Å². The molecular weight excluding hydrogens is 947 g/mol. The first-order valence-electron chi connectivity index (χ1n) is 32.7. The fourth-order valence-corrected chi connectivity index (χ4v) is 9.56. The van der Waals surface area contributed by atoms with Crippen LogP contribution >= 0.6 is 0 Å². The van der Waals surface area contributed by atoms with Crippen LogP contribution in [0.2, 0.25) is 0 Å². The summed E-state index contributed by atoms with van der Waals surface area (Å²) in [6.07, 6.45) is 69.9. The number of likely N-dealkylation sites (N-methyl/N-ethyl adjacent to an activating group) is 1. The molecule has 0 aromatic rings. The molecular formula is C67H126NO8+. The Morgan fingerprint density at radius 2 is 0.724 bits per heavy atom. The number of hydrogen-bond acceptors (Lipinski definition) is 7. The van der Waals surface area contributed by atoms with Gasteiger partial charge in [-0.25, -0.2) is 4.79 Å². The monoisotopic (exact) mass is 1070 g/mol. The Kier molecular flexibility index (Phi) is 56.7. The number of hydrogen-bond donors (Lipinski definition) is 1. The zero-order valence-electron chi connectivity index (χ0n) is 50.9. The van der Waals surface area contributed by atoms with Crippen molar-refractivity contribution in [1.29, 1.82) is 0 Å². The quantitative estimate of drug-likeness (QED) is 0.0211. The molecule has 0 heterocycles. The van der Waals surface area contributed by atoms with Gasteiger partial charge in [-0.3, -0.25) is 9.59 Å². The number of unbranched alkanes of at least 4 members (excludes halogenated alkanes) is 40. The maximum Gasteiger partial charge on any atom is 0.361 e. The second-order valence-corrected chi connectivity index (χ2v) is 23.4. The van der Waals surface area contributed by atoms with E-state index in [2.05, 4.69) is 50.3 Å². The maximum atomic E-state index is 12.8. The lowest BCUT2D eigenvalue weighted by molar-refractivity contribution is -0.870. The van der Waals surface area contributed by atoms with Gasteiger partial charge in [0.15, 0.2) is 6.10 Å². The lowest BCUT2D eigenvalue weighted by Crippen LogP contribution is -2.40. The van der Waals surface area contributed by atoms with Crippen molar-refractivity contribution < 1.29 is 42.9 Å². The second-order valence-electron chi connectivity index (χ2n) is 23.4. The summed E-state index contributed by atoms with van der Waals surface area (Å²) in [6.45, 7) is 4.85. The van der Waals surface area contributed by atoms with Gasteiger partial charge in [-0.2, -0.15) is 0 Å². The number of aliphatic carboxylic acids is 1. The van der Waals surface area contributed by atoms with Crippen LogP contribution in [0.5, 0.6) is 0 Å². The summed E-state index contributed by atoms with van der Waals surface area (Å²) in [5.74, 6) is -2.01. The van der Waals surface area contributed by atoms with Crippen molar-refractivity contribution in [2.75, 3.05) is 47.5 Å². The predicted molar refractivity (Wildman–Crippen MR) is 323 cm³/mol. The Morgan fingerprint density at radius 3 is 1.09 bits per heavy atom. The molecule has 1 N–H and O–H groups in total. The lowest BCUT2D eigenvalue weighted by Gasteiger charge is -2.25. The van der Waals surface area contributed by atoms with Crippen LogP contribution in [-0.4, -0.2) is 87.4 Å². The molecule has 0 amide bonds. The zero-order valence-corrected chi connectivity index (χ0v) is 50.9. The third kappa shape index (κ3) is 59.2. The van der Waals surface area contributed by atoms with Crippen LogP contribution in [0.1, 0.15) is 316 Å². The average Bonchev–Trinajstić information content (AvgIpc) is 3.39. The molecule has 76 heavy (non-hydrogen) atoms. The van der Waals surface area contributed by atoms with E-state index in [1.807, 2.05) is 21.1 Å². The molecule has 0 aromatic carbocycles. The van der Waals surface area contributed by atoms with E-state index in [1.165, 1.54) is 218 Å². The summed E-state index contributed by atoms with van der Waals surface area (Å²) in [5.41, 5.74) is 0. The summed E-state index contributed by atoms with van der Waals surface area (Å²) in [6, 6.07) is 0. The summed E-state index contributed by atoms with van der Waals surface area (Å²) < 4.78 is 22.9. The largest absolute Gasteiger partial charge is 0.477 e. The number of carbonyl (C=O) groups excluding carboxylic acids is 2. The van der Waals surface area contributed by atoms with E-state index in [4.69, 9.17) is 18.9 Å². The van der Waals surface area contributed by atoms with Crippen LogP contribution in [0.15, 0.2) is 36.5 Å². The molecule has 0 aromatic heterocycles. The van der Waals surface area contributed by atoms with E-state index in [1.54, 1.807) is 0 Å². The van der Waals surface area contributed by atoms with Gasteiger partial charge in [-0.15, -0.1) is 0 Å². The zero-order chi connectivity index (χ0) is 55.5. The third-order valence-corrected chi connectivity index (χ3v) is 14.6. The molecule has 0 rings (SSSR count). The summed E-state index contributed by atoms with van der Waals surface area (Å²) in [5, 5.41) is 9.70. The van der Waals surface area contributed by atoms with Crippen molar-refractivity contribution in [3.05, 3.63) is 36.5 Å². The van der Waals surface area contributed by atoms with Crippen LogP contribution in [-0.2, 0) is 33.3 Å². The minimum Gasteiger partial charge on any atom is -0.477 e. The lowest BCUT2D eigenvalue weighted by atomic mass is 10.0. The fourth-order valence-electron chi connectivity index (χ4n) is 9.56. The topological polar surface area (TPSA) is 108 Å². The molecule has 9 heteroatoms. The molecule has 2 unspecified atom stereocenters. The van der Waals surface area contributed by atoms with Crippen molar-refractivity contribution in [2.24, 2.45) is 0 Å². The highest BCUT2D eigenvalue weighted by atomic mass is 16.7. The SMILES string of the molecule is CCCC/C=C\C/C=C\CCCCCCCC(=O)OC(COC(=O)CCCCCCCCCCCCCCCCCCCCCCCCCCC/C=C\CCCCCCCCCC)COC(OCC[N+](C)(C)C)C(=O)O. The van der Waals surface area contributed by atoms with Crippen LogP contribution in [0.3, 0.4) is 0 Å². The molecule has 0 radical (unpaired) electrons. The van der Waals surface area contributed by atoms with Gasteiger partial charge in [-0.1, -0.05) is 275 Å². The van der Waals surface area contributed by atoms with E-state index in [0.717, 1.165) is 64.2 Å². The van der Waals surface area contributed by atoms with Crippen LogP contribution in [0.25, 0.3) is 0 Å². The number of carbonyl (C=O) groups is 3. The molecule has 0 saturated carbocycles. The highest BCUT2D eigenvalue weighted by molar-refractivity contribution is 5.71. The molecule has 446 valence electrons. The van der Waals surface area contributed by atoms with Crippen molar-refractivity contribution in [2.45, 2.75) is 328 Å². The van der Waals surface area contributed by atoms with Gasteiger partial charge in [-0.05, 0) is 64.2 Å². The highest BCUT2D eigenvalue weighted by Crippen LogP contribution is 2.18. The molecule has 2 atom stereocenters. The van der Waals surface area contributed by atoms with Gasteiger partial charge >= 0.3 is 17.9 Å². The fraction of sp³-hybridized carbons (Fsp3) is 0.866. The Bertz CT molecular complexity index is 1340. The number of ether oxygens (including phenoxy) is 4. The average molecular weight is 1070 g/mol. The molecule has 0 aliphatic carbocycles. The number of allylic oxidation sites excluding steroid dienone is 6. The molecule has 0 aliphatic heterocycles. The van der Waals surface area contributed by atoms with E-state index in [-0.39, 0.29) is 32.2 Å². The summed E-state index contributed by atoms with van der Waals surface area (Å²) >= 11 is 0. The van der Waals surface area contributed by atoms with Gasteiger partial charge in [0.1, 0.15) is 13.2 Å². The van der Waals surface area contributed by atoms with Crippen LogP contribution in [0.4, 0.5) is 0 Å². The minimum absolute atomic E-state index is 0.184. The van der Waals surface area contributed by atoms with Crippen LogP contribution in [0, 0.1) is 0 Å². The van der Waals surface area contributed by atoms with Gasteiger partial charge in [0, 0.05) is 12.8 Å². The molecule has 0 bridgehead atoms. The molecule has 0 aliphatic rings. The molecule has 0 fully saturated rings. The van der Waals surface area contributed by atoms with E-state index < -0.39 is 24.3 Å².